The fourth-order valence-corrected chi connectivity index (χ4v) is 1.64. The molecule has 0 saturated carbocycles. The van der Waals surface area contributed by atoms with Crippen LogP contribution in [0.2, 0.25) is 0 Å². The Bertz CT molecular complexity index is 419. The molecule has 0 radical (unpaired) electrons. The number of primary amides is 1. The fourth-order valence-electron chi connectivity index (χ4n) is 1.64. The van der Waals surface area contributed by atoms with Gasteiger partial charge in [0.25, 0.3) is 0 Å². The third kappa shape index (κ3) is 4.16. The number of rotatable bonds is 6. The van der Waals surface area contributed by atoms with Gasteiger partial charge in [0.1, 0.15) is 5.75 Å². The highest BCUT2D eigenvalue weighted by Crippen LogP contribution is 2.30. The van der Waals surface area contributed by atoms with Gasteiger partial charge in [0.05, 0.1) is 17.5 Å². The van der Waals surface area contributed by atoms with Gasteiger partial charge in [-0.1, -0.05) is 6.07 Å². The highest BCUT2D eigenvalue weighted by molar-refractivity contribution is 5.77. The third-order valence-corrected chi connectivity index (χ3v) is 2.34. The Labute approximate surface area is 107 Å². The van der Waals surface area contributed by atoms with E-state index in [1.165, 1.54) is 0 Å². The molecule has 0 aromatic heterocycles. The van der Waals surface area contributed by atoms with E-state index in [0.717, 1.165) is 5.69 Å². The Morgan fingerprint density at radius 3 is 2.61 bits per heavy atom. The van der Waals surface area contributed by atoms with E-state index in [1.807, 2.05) is 39.0 Å². The van der Waals surface area contributed by atoms with Crippen molar-refractivity contribution in [2.75, 3.05) is 11.1 Å². The summed E-state index contributed by atoms with van der Waals surface area (Å²) in [6, 6.07) is 5.45. The van der Waals surface area contributed by atoms with Gasteiger partial charge in [-0.15, -0.1) is 0 Å². The molecule has 1 amide bonds. The summed E-state index contributed by atoms with van der Waals surface area (Å²) in [6.07, 6.45) is 0.319. The average molecular weight is 251 g/mol. The zero-order valence-corrected chi connectivity index (χ0v) is 11.1. The van der Waals surface area contributed by atoms with E-state index in [9.17, 15) is 4.79 Å². The molecule has 100 valence electrons. The molecule has 0 fully saturated rings. The van der Waals surface area contributed by atoms with Gasteiger partial charge >= 0.3 is 0 Å². The zero-order valence-electron chi connectivity index (χ0n) is 11.1. The number of anilines is 2. The first-order chi connectivity index (χ1) is 8.40. The Balaban J connectivity index is 2.80. The monoisotopic (exact) mass is 251 g/mol. The van der Waals surface area contributed by atoms with E-state index < -0.39 is 0 Å². The molecule has 1 atom stereocenters. The molecule has 5 heteroatoms. The number of nitrogens with one attached hydrogen (secondary N) is 1. The lowest BCUT2D eigenvalue weighted by Gasteiger charge is -2.18. The maximum absolute atomic E-state index is 10.8. The van der Waals surface area contributed by atoms with Crippen molar-refractivity contribution in [1.82, 2.24) is 0 Å². The van der Waals surface area contributed by atoms with Crippen LogP contribution in [0, 0.1) is 0 Å². The summed E-state index contributed by atoms with van der Waals surface area (Å²) in [6.45, 7) is 5.75. The Morgan fingerprint density at radius 1 is 1.39 bits per heavy atom. The van der Waals surface area contributed by atoms with Crippen molar-refractivity contribution in [1.29, 1.82) is 0 Å². The van der Waals surface area contributed by atoms with Crippen LogP contribution in [-0.4, -0.2) is 18.1 Å². The van der Waals surface area contributed by atoms with Crippen molar-refractivity contribution in [3.8, 4) is 5.75 Å². The third-order valence-electron chi connectivity index (χ3n) is 2.34. The van der Waals surface area contributed by atoms with Crippen molar-refractivity contribution in [3.63, 3.8) is 0 Å². The first kappa shape index (κ1) is 14.2. The van der Waals surface area contributed by atoms with Gasteiger partial charge in [0, 0.05) is 12.5 Å². The molecular formula is C13H21N3O2. The summed E-state index contributed by atoms with van der Waals surface area (Å²) in [5, 5.41) is 3.15. The molecule has 1 rings (SSSR count). The van der Waals surface area contributed by atoms with E-state index in [1.54, 1.807) is 0 Å². The van der Waals surface area contributed by atoms with Crippen LogP contribution in [0.15, 0.2) is 18.2 Å². The van der Waals surface area contributed by atoms with Gasteiger partial charge in [-0.3, -0.25) is 4.79 Å². The van der Waals surface area contributed by atoms with Gasteiger partial charge in [-0.25, -0.2) is 0 Å². The highest BCUT2D eigenvalue weighted by Gasteiger charge is 2.11. The summed E-state index contributed by atoms with van der Waals surface area (Å²) in [5.41, 5.74) is 12.4. The number of carbonyl (C=O) groups excluding carboxylic acids is 1. The van der Waals surface area contributed by atoms with Crippen LogP contribution in [0.3, 0.4) is 0 Å². The Morgan fingerprint density at radius 2 is 2.06 bits per heavy atom. The topological polar surface area (TPSA) is 90.4 Å². The molecule has 0 heterocycles. The molecule has 1 unspecified atom stereocenters. The van der Waals surface area contributed by atoms with Crippen LogP contribution in [-0.2, 0) is 4.79 Å². The minimum atomic E-state index is -0.344. The van der Waals surface area contributed by atoms with Crippen LogP contribution >= 0.6 is 0 Å². The molecule has 0 aliphatic heterocycles. The average Bonchev–Trinajstić information content (AvgIpc) is 2.22. The molecule has 5 N–H and O–H groups in total. The molecular weight excluding hydrogens is 230 g/mol. The number of nitrogen functional groups attached to an aromatic ring is 1. The molecule has 0 aliphatic rings. The summed E-state index contributed by atoms with van der Waals surface area (Å²) in [7, 11) is 0. The minimum Gasteiger partial charge on any atom is -0.489 e. The maximum Gasteiger partial charge on any atom is 0.219 e. The predicted molar refractivity (Wildman–Crippen MR) is 73.5 cm³/mol. The summed E-state index contributed by atoms with van der Waals surface area (Å²) >= 11 is 0. The number of benzene rings is 1. The van der Waals surface area contributed by atoms with E-state index >= 15 is 0 Å². The van der Waals surface area contributed by atoms with Gasteiger partial charge in [0.2, 0.25) is 5.91 Å². The number of nitrogens with two attached hydrogens (primary N) is 2. The van der Waals surface area contributed by atoms with Crippen LogP contribution < -0.4 is 21.5 Å². The molecule has 18 heavy (non-hydrogen) atoms. The Hall–Kier alpha value is -1.91. The first-order valence-corrected chi connectivity index (χ1v) is 6.00. The summed E-state index contributed by atoms with van der Waals surface area (Å²) in [5.74, 6) is 0.296. The smallest absolute Gasteiger partial charge is 0.219 e. The van der Waals surface area contributed by atoms with Gasteiger partial charge in [-0.2, -0.15) is 0 Å². The number of hydrogen-bond acceptors (Lipinski definition) is 4. The number of hydrogen-bond donors (Lipinski definition) is 3. The summed E-state index contributed by atoms with van der Waals surface area (Å²) < 4.78 is 5.59. The second-order valence-corrected chi connectivity index (χ2v) is 4.60. The van der Waals surface area contributed by atoms with Crippen LogP contribution in [0.25, 0.3) is 0 Å². The van der Waals surface area contributed by atoms with Crippen molar-refractivity contribution in [2.24, 2.45) is 5.73 Å². The number of carbonyl (C=O) groups is 1. The Kier molecular flexibility index (Phi) is 4.83. The molecule has 0 saturated heterocycles. The van der Waals surface area contributed by atoms with Crippen molar-refractivity contribution >= 4 is 17.3 Å². The fraction of sp³-hybridized carbons (Fsp3) is 0.462. The standard InChI is InChI=1S/C13H21N3O2/c1-8(2)18-11-6-4-5-10(13(11)15)16-9(3)7-12(14)17/h4-6,8-9,16H,7,15H2,1-3H3,(H2,14,17). The lowest BCUT2D eigenvalue weighted by molar-refractivity contribution is -0.118. The number of amides is 1. The van der Waals surface area contributed by atoms with E-state index in [-0.39, 0.29) is 24.5 Å². The van der Waals surface area contributed by atoms with E-state index in [2.05, 4.69) is 5.32 Å². The largest absolute Gasteiger partial charge is 0.489 e. The highest BCUT2D eigenvalue weighted by atomic mass is 16.5. The quantitative estimate of drug-likeness (QED) is 0.671. The second kappa shape index (κ2) is 6.14. The lowest BCUT2D eigenvalue weighted by atomic mass is 10.2. The van der Waals surface area contributed by atoms with E-state index in [4.69, 9.17) is 16.2 Å². The number of para-hydroxylation sites is 1. The maximum atomic E-state index is 10.8. The molecule has 1 aromatic rings. The second-order valence-electron chi connectivity index (χ2n) is 4.60. The summed E-state index contributed by atoms with van der Waals surface area (Å²) in [4.78, 5) is 10.8. The number of ether oxygens (including phenoxy) is 1. The lowest BCUT2D eigenvalue weighted by Crippen LogP contribution is -2.24. The van der Waals surface area contributed by atoms with Crippen LogP contribution in [0.4, 0.5) is 11.4 Å². The van der Waals surface area contributed by atoms with Crippen LogP contribution in [0.5, 0.6) is 5.75 Å². The SMILES string of the molecule is CC(CC(N)=O)Nc1cccc(OC(C)C)c1N. The normalized spacial score (nSPS) is 12.2. The first-order valence-electron chi connectivity index (χ1n) is 6.00. The molecule has 1 aromatic carbocycles. The predicted octanol–water partition coefficient (Wildman–Crippen LogP) is 1.73. The van der Waals surface area contributed by atoms with Crippen molar-refractivity contribution in [3.05, 3.63) is 18.2 Å². The van der Waals surface area contributed by atoms with Gasteiger partial charge < -0.3 is 21.5 Å². The van der Waals surface area contributed by atoms with Gasteiger partial charge in [-0.05, 0) is 32.9 Å². The molecule has 0 spiro atoms. The van der Waals surface area contributed by atoms with Crippen molar-refractivity contribution < 1.29 is 9.53 Å². The van der Waals surface area contributed by atoms with Crippen LogP contribution in [0.1, 0.15) is 27.2 Å². The molecule has 0 aliphatic carbocycles. The van der Waals surface area contributed by atoms with Crippen molar-refractivity contribution in [2.45, 2.75) is 39.3 Å². The molecule has 0 bridgehead atoms. The van der Waals surface area contributed by atoms with Gasteiger partial charge in [0.15, 0.2) is 0 Å². The zero-order chi connectivity index (χ0) is 13.7. The van der Waals surface area contributed by atoms with E-state index in [0.29, 0.717) is 11.4 Å². The minimum absolute atomic E-state index is 0.0607. The molecule has 5 nitrogen and oxygen atoms in total.